The van der Waals surface area contributed by atoms with Gasteiger partial charge in [0.1, 0.15) is 5.69 Å². The Balaban J connectivity index is 2.19. The minimum absolute atomic E-state index is 0.00581. The molecule has 0 radical (unpaired) electrons. The van der Waals surface area contributed by atoms with Crippen LogP contribution in [0.15, 0.2) is 35.1 Å². The van der Waals surface area contributed by atoms with Crippen LogP contribution in [0.25, 0.3) is 10.8 Å². The van der Waals surface area contributed by atoms with Gasteiger partial charge >= 0.3 is 5.97 Å². The lowest BCUT2D eigenvalue weighted by atomic mass is 10.1. The fraction of sp³-hybridized carbons (Fsp3) is 0.267. The number of rotatable bonds is 5. The van der Waals surface area contributed by atoms with Crippen molar-refractivity contribution in [1.29, 1.82) is 0 Å². The van der Waals surface area contributed by atoms with E-state index in [-0.39, 0.29) is 23.6 Å². The Morgan fingerprint density at radius 3 is 2.71 bits per heavy atom. The highest BCUT2D eigenvalue weighted by atomic mass is 16.4. The zero-order valence-electron chi connectivity index (χ0n) is 11.6. The van der Waals surface area contributed by atoms with Gasteiger partial charge in [-0.2, -0.15) is 0 Å². The molecule has 0 unspecified atom stereocenters. The number of carboxylic acids is 1. The lowest BCUT2D eigenvalue weighted by Crippen LogP contribution is -2.30. The SMILES string of the molecule is CN(CCCC(=O)O)C(=O)c1cc2ccccc2c(=O)[nH]1. The molecular formula is C15H16N2O4. The summed E-state index contributed by atoms with van der Waals surface area (Å²) in [5.41, 5.74) is -0.105. The van der Waals surface area contributed by atoms with Crippen molar-refractivity contribution in [2.75, 3.05) is 13.6 Å². The third-order valence-corrected chi connectivity index (χ3v) is 3.21. The standard InChI is InChI=1S/C15H16N2O4/c1-17(8-4-7-13(18)19)15(21)12-9-10-5-2-3-6-11(10)14(20)16-12/h2-3,5-6,9H,4,7-8H2,1H3,(H,16,20)(H,18,19). The second-order valence-corrected chi connectivity index (χ2v) is 4.82. The molecule has 2 rings (SSSR count). The minimum atomic E-state index is -0.894. The lowest BCUT2D eigenvalue weighted by Gasteiger charge is -2.16. The Bertz CT molecular complexity index is 736. The number of carbonyl (C=O) groups excluding carboxylic acids is 1. The van der Waals surface area contributed by atoms with Gasteiger partial charge in [-0.3, -0.25) is 14.4 Å². The molecule has 2 N–H and O–H groups in total. The Labute approximate surface area is 121 Å². The maximum absolute atomic E-state index is 12.2. The van der Waals surface area contributed by atoms with Gasteiger partial charge in [0.05, 0.1) is 0 Å². The first-order chi connectivity index (χ1) is 9.99. The number of aliphatic carboxylic acids is 1. The van der Waals surface area contributed by atoms with Crippen LogP contribution < -0.4 is 5.56 Å². The molecule has 0 aliphatic rings. The van der Waals surface area contributed by atoms with Crippen molar-refractivity contribution in [2.24, 2.45) is 0 Å². The monoisotopic (exact) mass is 288 g/mol. The third-order valence-electron chi connectivity index (χ3n) is 3.21. The number of aromatic nitrogens is 1. The zero-order valence-corrected chi connectivity index (χ0v) is 11.6. The van der Waals surface area contributed by atoms with E-state index in [4.69, 9.17) is 5.11 Å². The van der Waals surface area contributed by atoms with Gasteiger partial charge in [-0.15, -0.1) is 0 Å². The van der Waals surface area contributed by atoms with Gasteiger partial charge in [0.2, 0.25) is 0 Å². The number of carbonyl (C=O) groups is 2. The van der Waals surface area contributed by atoms with Crippen molar-refractivity contribution in [3.05, 3.63) is 46.4 Å². The second kappa shape index (κ2) is 6.21. The van der Waals surface area contributed by atoms with E-state index < -0.39 is 5.97 Å². The number of aromatic amines is 1. The molecule has 6 heteroatoms. The molecule has 0 saturated heterocycles. The fourth-order valence-electron chi connectivity index (χ4n) is 2.10. The highest BCUT2D eigenvalue weighted by Gasteiger charge is 2.14. The number of H-pyrrole nitrogens is 1. The zero-order chi connectivity index (χ0) is 15.4. The number of carboxylic acid groups (broad SMARTS) is 1. The molecule has 0 aliphatic carbocycles. The number of amides is 1. The summed E-state index contributed by atoms with van der Waals surface area (Å²) < 4.78 is 0. The van der Waals surface area contributed by atoms with E-state index in [2.05, 4.69) is 4.98 Å². The van der Waals surface area contributed by atoms with Crippen molar-refractivity contribution in [3.8, 4) is 0 Å². The molecule has 0 bridgehead atoms. The number of nitrogens with one attached hydrogen (secondary N) is 1. The molecule has 0 fully saturated rings. The molecule has 1 aromatic carbocycles. The van der Waals surface area contributed by atoms with E-state index in [1.807, 2.05) is 0 Å². The predicted octanol–water partition coefficient (Wildman–Crippen LogP) is 1.46. The molecule has 0 atom stereocenters. The molecule has 1 amide bonds. The van der Waals surface area contributed by atoms with Crippen molar-refractivity contribution >= 4 is 22.6 Å². The quantitative estimate of drug-likeness (QED) is 0.871. The average Bonchev–Trinajstić information content (AvgIpc) is 2.46. The van der Waals surface area contributed by atoms with E-state index >= 15 is 0 Å². The van der Waals surface area contributed by atoms with E-state index in [1.165, 1.54) is 4.90 Å². The smallest absolute Gasteiger partial charge is 0.303 e. The van der Waals surface area contributed by atoms with Crippen molar-refractivity contribution in [3.63, 3.8) is 0 Å². The minimum Gasteiger partial charge on any atom is -0.481 e. The number of hydrogen-bond donors (Lipinski definition) is 2. The van der Waals surface area contributed by atoms with Crippen LogP contribution >= 0.6 is 0 Å². The van der Waals surface area contributed by atoms with Gasteiger partial charge < -0.3 is 15.0 Å². The van der Waals surface area contributed by atoms with Gasteiger partial charge in [-0.1, -0.05) is 18.2 Å². The first-order valence-electron chi connectivity index (χ1n) is 6.58. The van der Waals surface area contributed by atoms with Crippen LogP contribution in [-0.4, -0.2) is 40.5 Å². The maximum atomic E-state index is 12.2. The largest absolute Gasteiger partial charge is 0.481 e. The molecule has 0 saturated carbocycles. The first kappa shape index (κ1) is 14.8. The van der Waals surface area contributed by atoms with Crippen LogP contribution in [0.5, 0.6) is 0 Å². The van der Waals surface area contributed by atoms with Crippen LogP contribution in [0, 0.1) is 0 Å². The molecule has 2 aromatic rings. The molecule has 110 valence electrons. The van der Waals surface area contributed by atoms with E-state index in [9.17, 15) is 14.4 Å². The number of nitrogens with zero attached hydrogens (tertiary/aromatic N) is 1. The van der Waals surface area contributed by atoms with Gasteiger partial charge in [0.15, 0.2) is 0 Å². The highest BCUT2D eigenvalue weighted by molar-refractivity contribution is 5.96. The molecule has 21 heavy (non-hydrogen) atoms. The Morgan fingerprint density at radius 1 is 1.29 bits per heavy atom. The van der Waals surface area contributed by atoms with Gasteiger partial charge in [0, 0.05) is 25.4 Å². The number of pyridine rings is 1. The predicted molar refractivity (Wildman–Crippen MR) is 78.4 cm³/mol. The Kier molecular flexibility index (Phi) is 4.37. The normalized spacial score (nSPS) is 10.5. The number of hydrogen-bond acceptors (Lipinski definition) is 3. The highest BCUT2D eigenvalue weighted by Crippen LogP contribution is 2.11. The summed E-state index contributed by atoms with van der Waals surface area (Å²) in [5, 5.41) is 9.81. The van der Waals surface area contributed by atoms with Crippen LogP contribution in [0.4, 0.5) is 0 Å². The molecule has 0 aliphatic heterocycles. The van der Waals surface area contributed by atoms with Crippen LogP contribution in [0.2, 0.25) is 0 Å². The first-order valence-corrected chi connectivity index (χ1v) is 6.58. The Hall–Kier alpha value is -2.63. The summed E-state index contributed by atoms with van der Waals surface area (Å²) in [4.78, 5) is 38.6. The summed E-state index contributed by atoms with van der Waals surface area (Å²) in [5.74, 6) is -1.22. The van der Waals surface area contributed by atoms with Crippen molar-refractivity contribution < 1.29 is 14.7 Å². The molecule has 1 heterocycles. The molecule has 0 spiro atoms. The van der Waals surface area contributed by atoms with Gasteiger partial charge in [-0.25, -0.2) is 0 Å². The van der Waals surface area contributed by atoms with E-state index in [0.29, 0.717) is 23.7 Å². The van der Waals surface area contributed by atoms with E-state index in [1.54, 1.807) is 37.4 Å². The van der Waals surface area contributed by atoms with Gasteiger partial charge in [0.25, 0.3) is 11.5 Å². The topological polar surface area (TPSA) is 90.5 Å². The number of benzene rings is 1. The number of fused-ring (bicyclic) bond motifs is 1. The van der Waals surface area contributed by atoms with Crippen LogP contribution in [-0.2, 0) is 4.79 Å². The maximum Gasteiger partial charge on any atom is 0.303 e. The van der Waals surface area contributed by atoms with Gasteiger partial charge in [-0.05, 0) is 23.9 Å². The van der Waals surface area contributed by atoms with E-state index in [0.717, 1.165) is 0 Å². The van der Waals surface area contributed by atoms with Crippen molar-refractivity contribution in [1.82, 2.24) is 9.88 Å². The average molecular weight is 288 g/mol. The summed E-state index contributed by atoms with van der Waals surface area (Å²) in [7, 11) is 1.58. The Morgan fingerprint density at radius 2 is 2.00 bits per heavy atom. The molecule has 6 nitrogen and oxygen atoms in total. The fourth-order valence-corrected chi connectivity index (χ4v) is 2.10. The second-order valence-electron chi connectivity index (χ2n) is 4.82. The van der Waals surface area contributed by atoms with Crippen LogP contribution in [0.1, 0.15) is 23.3 Å². The summed E-state index contributed by atoms with van der Waals surface area (Å²) >= 11 is 0. The third kappa shape index (κ3) is 3.47. The summed E-state index contributed by atoms with van der Waals surface area (Å²) in [6.45, 7) is 0.319. The summed E-state index contributed by atoms with van der Waals surface area (Å²) in [6, 6.07) is 8.65. The van der Waals surface area contributed by atoms with Crippen LogP contribution in [0.3, 0.4) is 0 Å². The lowest BCUT2D eigenvalue weighted by molar-refractivity contribution is -0.137. The van der Waals surface area contributed by atoms with Crippen molar-refractivity contribution in [2.45, 2.75) is 12.8 Å². The molecule has 1 aromatic heterocycles. The molecular weight excluding hydrogens is 272 g/mol. The summed E-state index contributed by atoms with van der Waals surface area (Å²) in [6.07, 6.45) is 0.376.